The Labute approximate surface area is 124 Å². The van der Waals surface area contributed by atoms with Crippen molar-refractivity contribution in [3.05, 3.63) is 70.8 Å². The first-order valence-corrected chi connectivity index (χ1v) is 8.26. The van der Waals surface area contributed by atoms with Gasteiger partial charge in [0.2, 0.25) is 0 Å². The summed E-state index contributed by atoms with van der Waals surface area (Å²) in [6, 6.07) is 13.4. The maximum atomic E-state index is 12.2. The van der Waals surface area contributed by atoms with Crippen molar-refractivity contribution in [1.29, 1.82) is 0 Å². The number of carbonyl (C=O) groups is 1. The summed E-state index contributed by atoms with van der Waals surface area (Å²) in [6.07, 6.45) is 0. The number of aryl methyl sites for hydroxylation is 1. The van der Waals surface area contributed by atoms with Gasteiger partial charge in [0.1, 0.15) is 0 Å². The first kappa shape index (κ1) is 15.3. The summed E-state index contributed by atoms with van der Waals surface area (Å²) in [4.78, 5) is 10.9. The van der Waals surface area contributed by atoms with Crippen molar-refractivity contribution < 1.29 is 18.3 Å². The number of hydrogen-bond acceptors (Lipinski definition) is 3. The van der Waals surface area contributed by atoms with Crippen molar-refractivity contribution in [2.45, 2.75) is 18.4 Å². The van der Waals surface area contributed by atoms with Gasteiger partial charge in [0.15, 0.2) is 9.84 Å². The third-order valence-corrected chi connectivity index (χ3v) is 4.58. The highest BCUT2D eigenvalue weighted by Crippen LogP contribution is 2.15. The van der Waals surface area contributed by atoms with Crippen LogP contribution in [0.4, 0.5) is 0 Å². The second-order valence-corrected chi connectivity index (χ2v) is 7.09. The zero-order valence-corrected chi connectivity index (χ0v) is 12.4. The van der Waals surface area contributed by atoms with Crippen LogP contribution in [0, 0.1) is 6.92 Å². The lowest BCUT2D eigenvalue weighted by molar-refractivity contribution is 0.0696. The lowest BCUT2D eigenvalue weighted by atomic mass is 10.1. The Hall–Kier alpha value is -2.14. The van der Waals surface area contributed by atoms with Crippen LogP contribution in [0.25, 0.3) is 0 Å². The summed E-state index contributed by atoms with van der Waals surface area (Å²) in [7, 11) is -3.34. The fraction of sp³-hybridized carbons (Fsp3) is 0.188. The highest BCUT2D eigenvalue weighted by molar-refractivity contribution is 7.89. The molecule has 0 aliphatic carbocycles. The Balaban J connectivity index is 2.18. The van der Waals surface area contributed by atoms with Crippen molar-refractivity contribution in [3.63, 3.8) is 0 Å². The number of sulfone groups is 1. The molecule has 21 heavy (non-hydrogen) atoms. The summed E-state index contributed by atoms with van der Waals surface area (Å²) >= 11 is 0. The largest absolute Gasteiger partial charge is 0.478 e. The van der Waals surface area contributed by atoms with E-state index < -0.39 is 15.8 Å². The van der Waals surface area contributed by atoms with E-state index in [0.29, 0.717) is 5.56 Å². The van der Waals surface area contributed by atoms with Gasteiger partial charge >= 0.3 is 5.97 Å². The minimum absolute atomic E-state index is 0.0496. The first-order chi connectivity index (χ1) is 9.85. The molecule has 0 amide bonds. The Morgan fingerprint density at radius 2 is 1.57 bits per heavy atom. The molecular formula is C16H16O4S. The standard InChI is InChI=1S/C16H16O4S/c1-12-4-2-5-13(8-12)10-21(19,20)11-14-6-3-7-15(9-14)16(17)18/h2-9H,10-11H2,1H3,(H,17,18). The molecule has 0 unspecified atom stereocenters. The molecular weight excluding hydrogens is 288 g/mol. The highest BCUT2D eigenvalue weighted by Gasteiger charge is 2.14. The second kappa shape index (κ2) is 6.10. The lowest BCUT2D eigenvalue weighted by Crippen LogP contribution is -2.08. The summed E-state index contributed by atoms with van der Waals surface area (Å²) < 4.78 is 24.4. The van der Waals surface area contributed by atoms with Gasteiger partial charge < -0.3 is 5.11 Å². The second-order valence-electron chi connectivity index (χ2n) is 5.03. The molecule has 0 atom stereocenters. The number of carboxylic acids is 1. The molecule has 2 aromatic rings. The predicted octanol–water partition coefficient (Wildman–Crippen LogP) is 2.81. The molecule has 0 saturated carbocycles. The van der Waals surface area contributed by atoms with Crippen LogP contribution in [0.3, 0.4) is 0 Å². The quantitative estimate of drug-likeness (QED) is 0.922. The molecule has 4 nitrogen and oxygen atoms in total. The number of aromatic carboxylic acids is 1. The molecule has 2 rings (SSSR count). The zero-order chi connectivity index (χ0) is 15.5. The van der Waals surface area contributed by atoms with Gasteiger partial charge in [-0.3, -0.25) is 0 Å². The molecule has 0 saturated heterocycles. The lowest BCUT2D eigenvalue weighted by Gasteiger charge is -2.06. The Morgan fingerprint density at radius 1 is 1.00 bits per heavy atom. The van der Waals surface area contributed by atoms with Crippen molar-refractivity contribution >= 4 is 15.8 Å². The smallest absolute Gasteiger partial charge is 0.335 e. The molecule has 0 aliphatic heterocycles. The molecule has 0 bridgehead atoms. The van der Waals surface area contributed by atoms with E-state index in [9.17, 15) is 13.2 Å². The minimum Gasteiger partial charge on any atom is -0.478 e. The number of hydrogen-bond donors (Lipinski definition) is 1. The van der Waals surface area contributed by atoms with Gasteiger partial charge in [0, 0.05) is 0 Å². The molecule has 1 N–H and O–H groups in total. The maximum Gasteiger partial charge on any atom is 0.335 e. The maximum absolute atomic E-state index is 12.2. The molecule has 0 radical (unpaired) electrons. The van der Waals surface area contributed by atoms with Gasteiger partial charge in [-0.25, -0.2) is 13.2 Å². The van der Waals surface area contributed by atoms with Crippen molar-refractivity contribution in [2.24, 2.45) is 0 Å². The summed E-state index contributed by atoms with van der Waals surface area (Å²) in [5.41, 5.74) is 2.33. The van der Waals surface area contributed by atoms with Crippen molar-refractivity contribution in [3.8, 4) is 0 Å². The zero-order valence-electron chi connectivity index (χ0n) is 11.6. The van der Waals surface area contributed by atoms with Crippen LogP contribution in [0.2, 0.25) is 0 Å². The van der Waals surface area contributed by atoms with Crippen LogP contribution in [0.15, 0.2) is 48.5 Å². The van der Waals surface area contributed by atoms with E-state index in [2.05, 4.69) is 0 Å². The van der Waals surface area contributed by atoms with Gasteiger partial charge in [0.05, 0.1) is 17.1 Å². The molecule has 0 aliphatic rings. The Morgan fingerprint density at radius 3 is 2.14 bits per heavy atom. The van der Waals surface area contributed by atoms with Crippen LogP contribution >= 0.6 is 0 Å². The average Bonchev–Trinajstić information content (AvgIpc) is 2.37. The van der Waals surface area contributed by atoms with E-state index in [1.54, 1.807) is 18.2 Å². The number of rotatable bonds is 5. The molecule has 0 heterocycles. The van der Waals surface area contributed by atoms with E-state index in [-0.39, 0.29) is 17.1 Å². The van der Waals surface area contributed by atoms with Crippen molar-refractivity contribution in [2.75, 3.05) is 0 Å². The summed E-state index contributed by atoms with van der Waals surface area (Å²) in [6.45, 7) is 1.91. The fourth-order valence-corrected chi connectivity index (χ4v) is 3.63. The van der Waals surface area contributed by atoms with Gasteiger partial charge in [0.25, 0.3) is 0 Å². The highest BCUT2D eigenvalue weighted by atomic mass is 32.2. The van der Waals surface area contributed by atoms with E-state index >= 15 is 0 Å². The van der Waals surface area contributed by atoms with E-state index in [1.807, 2.05) is 25.1 Å². The predicted molar refractivity (Wildman–Crippen MR) is 80.9 cm³/mol. The van der Waals surface area contributed by atoms with Crippen molar-refractivity contribution in [1.82, 2.24) is 0 Å². The van der Waals surface area contributed by atoms with Gasteiger partial charge in [-0.05, 0) is 30.2 Å². The number of benzene rings is 2. The van der Waals surface area contributed by atoms with Crippen LogP contribution in [0.1, 0.15) is 27.0 Å². The van der Waals surface area contributed by atoms with Gasteiger partial charge in [-0.15, -0.1) is 0 Å². The van der Waals surface area contributed by atoms with Crippen LogP contribution in [-0.4, -0.2) is 19.5 Å². The Kier molecular flexibility index (Phi) is 4.43. The van der Waals surface area contributed by atoms with Crippen LogP contribution in [0.5, 0.6) is 0 Å². The average molecular weight is 304 g/mol. The van der Waals surface area contributed by atoms with Crippen LogP contribution in [-0.2, 0) is 21.3 Å². The molecule has 110 valence electrons. The summed E-state index contributed by atoms with van der Waals surface area (Å²) in [5, 5.41) is 8.92. The first-order valence-electron chi connectivity index (χ1n) is 6.44. The van der Waals surface area contributed by atoms with E-state index in [1.165, 1.54) is 12.1 Å². The SMILES string of the molecule is Cc1cccc(CS(=O)(=O)Cc2cccc(C(=O)O)c2)c1. The van der Waals surface area contributed by atoms with Gasteiger partial charge in [-0.2, -0.15) is 0 Å². The van der Waals surface area contributed by atoms with E-state index in [0.717, 1.165) is 11.1 Å². The van der Waals surface area contributed by atoms with Crippen LogP contribution < -0.4 is 0 Å². The number of carboxylic acid groups (broad SMARTS) is 1. The third kappa shape index (κ3) is 4.43. The fourth-order valence-electron chi connectivity index (χ4n) is 2.15. The topological polar surface area (TPSA) is 71.4 Å². The van der Waals surface area contributed by atoms with Gasteiger partial charge in [-0.1, -0.05) is 42.0 Å². The molecule has 5 heteroatoms. The van der Waals surface area contributed by atoms with E-state index in [4.69, 9.17) is 5.11 Å². The monoisotopic (exact) mass is 304 g/mol. The molecule has 2 aromatic carbocycles. The molecule has 0 spiro atoms. The Bertz CT molecular complexity index is 763. The molecule has 0 aromatic heterocycles. The molecule has 0 fully saturated rings. The normalized spacial score (nSPS) is 11.3. The minimum atomic E-state index is -3.34. The third-order valence-electron chi connectivity index (χ3n) is 3.03. The summed E-state index contributed by atoms with van der Waals surface area (Å²) in [5.74, 6) is -1.28.